The van der Waals surface area contributed by atoms with Crippen molar-refractivity contribution < 1.29 is 9.53 Å². The second-order valence-corrected chi connectivity index (χ2v) is 4.04. The molecule has 1 aromatic rings. The summed E-state index contributed by atoms with van der Waals surface area (Å²) in [5, 5.41) is 0. The van der Waals surface area contributed by atoms with E-state index in [2.05, 4.69) is 10.9 Å². The number of nitrogens with one attached hydrogen (secondary N) is 2. The Morgan fingerprint density at radius 1 is 1.53 bits per heavy atom. The van der Waals surface area contributed by atoms with Crippen molar-refractivity contribution in [1.82, 2.24) is 10.9 Å². The molecular weight excluding hydrogens is 218 g/mol. The molecule has 0 spiro atoms. The van der Waals surface area contributed by atoms with E-state index < -0.39 is 6.04 Å². The van der Waals surface area contributed by atoms with Crippen LogP contribution in [0.5, 0.6) is 5.75 Å². The number of amides is 1. The third-order valence-corrected chi connectivity index (χ3v) is 2.82. The predicted molar refractivity (Wildman–Crippen MR) is 64.4 cm³/mol. The van der Waals surface area contributed by atoms with Crippen molar-refractivity contribution in [3.63, 3.8) is 0 Å². The van der Waals surface area contributed by atoms with Gasteiger partial charge in [-0.1, -0.05) is 12.1 Å². The van der Waals surface area contributed by atoms with Crippen molar-refractivity contribution in [3.8, 4) is 5.75 Å². The van der Waals surface area contributed by atoms with Crippen LogP contribution in [0.25, 0.3) is 0 Å². The Bertz CT molecular complexity index is 420. The van der Waals surface area contributed by atoms with E-state index in [0.29, 0.717) is 0 Å². The molecule has 1 atom stereocenters. The van der Waals surface area contributed by atoms with Crippen LogP contribution in [-0.2, 0) is 11.2 Å². The van der Waals surface area contributed by atoms with Gasteiger partial charge in [-0.15, -0.1) is 0 Å². The summed E-state index contributed by atoms with van der Waals surface area (Å²) in [7, 11) is 1.63. The molecule has 5 heteroatoms. The number of hydrazine groups is 1. The molecular formula is C12H17N3O2. The normalized spacial score (nSPS) is 15.6. The molecule has 0 radical (unpaired) electrons. The fourth-order valence-corrected chi connectivity index (χ4v) is 1.93. The van der Waals surface area contributed by atoms with E-state index in [1.54, 1.807) is 7.05 Å². The Labute approximate surface area is 100 Å². The molecule has 5 nitrogen and oxygen atoms in total. The van der Waals surface area contributed by atoms with Gasteiger partial charge in [0, 0.05) is 7.05 Å². The number of carbonyl (C=O) groups is 1. The van der Waals surface area contributed by atoms with E-state index in [1.165, 1.54) is 0 Å². The minimum atomic E-state index is -0.658. The van der Waals surface area contributed by atoms with Crippen molar-refractivity contribution in [2.24, 2.45) is 5.73 Å². The van der Waals surface area contributed by atoms with E-state index in [0.717, 1.165) is 36.3 Å². The first-order valence-corrected chi connectivity index (χ1v) is 5.70. The van der Waals surface area contributed by atoms with Crippen LogP contribution in [0.1, 0.15) is 23.6 Å². The summed E-state index contributed by atoms with van der Waals surface area (Å²) < 4.78 is 5.51. The number of ether oxygens (including phenoxy) is 1. The van der Waals surface area contributed by atoms with Gasteiger partial charge in [0.2, 0.25) is 0 Å². The number of hydrogen-bond donors (Lipinski definition) is 3. The number of rotatable bonds is 3. The summed E-state index contributed by atoms with van der Waals surface area (Å²) in [6.45, 7) is 0.763. The van der Waals surface area contributed by atoms with E-state index in [-0.39, 0.29) is 5.91 Å². The van der Waals surface area contributed by atoms with Crippen LogP contribution in [0.15, 0.2) is 18.2 Å². The van der Waals surface area contributed by atoms with Gasteiger partial charge < -0.3 is 10.5 Å². The van der Waals surface area contributed by atoms with Gasteiger partial charge in [0.1, 0.15) is 11.8 Å². The molecule has 17 heavy (non-hydrogen) atoms. The van der Waals surface area contributed by atoms with Crippen LogP contribution in [-0.4, -0.2) is 19.6 Å². The molecule has 2 rings (SSSR count). The minimum absolute atomic E-state index is 0.246. The van der Waals surface area contributed by atoms with Gasteiger partial charge in [-0.2, -0.15) is 0 Å². The third kappa shape index (κ3) is 2.57. The molecule has 1 aliphatic heterocycles. The molecule has 0 bridgehead atoms. The van der Waals surface area contributed by atoms with Gasteiger partial charge >= 0.3 is 0 Å². The molecule has 1 amide bonds. The highest BCUT2D eigenvalue weighted by atomic mass is 16.5. The van der Waals surface area contributed by atoms with Crippen LogP contribution in [0.4, 0.5) is 0 Å². The first kappa shape index (κ1) is 11.9. The first-order chi connectivity index (χ1) is 8.22. The lowest BCUT2D eigenvalue weighted by Crippen LogP contribution is -2.40. The molecule has 1 heterocycles. The average Bonchev–Trinajstić information content (AvgIpc) is 2.37. The molecule has 1 unspecified atom stereocenters. The molecule has 0 saturated heterocycles. The SMILES string of the molecule is CNNC(=O)C(N)c1ccc2c(c1)CCCO2. The van der Waals surface area contributed by atoms with E-state index in [9.17, 15) is 4.79 Å². The van der Waals surface area contributed by atoms with Crippen LogP contribution in [0.2, 0.25) is 0 Å². The van der Waals surface area contributed by atoms with Crippen LogP contribution < -0.4 is 21.3 Å². The predicted octanol–water partition coefficient (Wildman–Crippen LogP) is 0.262. The maximum Gasteiger partial charge on any atom is 0.255 e. The Balaban J connectivity index is 2.18. The molecule has 1 aromatic carbocycles. The topological polar surface area (TPSA) is 76.4 Å². The second-order valence-electron chi connectivity index (χ2n) is 4.04. The number of fused-ring (bicyclic) bond motifs is 1. The quantitative estimate of drug-likeness (QED) is 0.657. The number of carbonyl (C=O) groups excluding carboxylic acids is 1. The summed E-state index contributed by atoms with van der Waals surface area (Å²) in [6.07, 6.45) is 1.98. The molecule has 4 N–H and O–H groups in total. The van der Waals surface area contributed by atoms with Crippen LogP contribution in [0, 0.1) is 0 Å². The average molecular weight is 235 g/mol. The highest BCUT2D eigenvalue weighted by Crippen LogP contribution is 2.27. The van der Waals surface area contributed by atoms with Crippen molar-refractivity contribution in [2.75, 3.05) is 13.7 Å². The number of hydrogen-bond acceptors (Lipinski definition) is 4. The molecule has 0 fully saturated rings. The highest BCUT2D eigenvalue weighted by Gasteiger charge is 2.18. The minimum Gasteiger partial charge on any atom is -0.493 e. The summed E-state index contributed by atoms with van der Waals surface area (Å²) in [4.78, 5) is 11.6. The van der Waals surface area contributed by atoms with Gasteiger partial charge in [-0.25, -0.2) is 5.43 Å². The van der Waals surface area contributed by atoms with Crippen LogP contribution in [0.3, 0.4) is 0 Å². The first-order valence-electron chi connectivity index (χ1n) is 5.70. The maximum atomic E-state index is 11.6. The van der Waals surface area contributed by atoms with Gasteiger partial charge in [-0.05, 0) is 30.0 Å². The van der Waals surface area contributed by atoms with Crippen molar-refractivity contribution in [2.45, 2.75) is 18.9 Å². The number of benzene rings is 1. The van der Waals surface area contributed by atoms with Crippen molar-refractivity contribution in [3.05, 3.63) is 29.3 Å². The Morgan fingerprint density at radius 2 is 2.35 bits per heavy atom. The van der Waals surface area contributed by atoms with E-state index in [4.69, 9.17) is 10.5 Å². The third-order valence-electron chi connectivity index (χ3n) is 2.82. The lowest BCUT2D eigenvalue weighted by atomic mass is 9.99. The Hall–Kier alpha value is -1.59. The molecule has 0 aliphatic carbocycles. The summed E-state index contributed by atoms with van der Waals surface area (Å²) >= 11 is 0. The van der Waals surface area contributed by atoms with Gasteiger partial charge in [0.15, 0.2) is 0 Å². The van der Waals surface area contributed by atoms with Crippen molar-refractivity contribution >= 4 is 5.91 Å². The fourth-order valence-electron chi connectivity index (χ4n) is 1.93. The monoisotopic (exact) mass is 235 g/mol. The highest BCUT2D eigenvalue weighted by molar-refractivity contribution is 5.82. The molecule has 1 aliphatic rings. The number of nitrogens with two attached hydrogens (primary N) is 1. The lowest BCUT2D eigenvalue weighted by molar-refractivity contribution is -0.123. The standard InChI is InChI=1S/C12H17N3O2/c1-14-15-12(16)11(13)9-4-5-10-8(7-9)3-2-6-17-10/h4-5,7,11,14H,2-3,6,13H2,1H3,(H,15,16). The van der Waals surface area contributed by atoms with Gasteiger partial charge in [0.05, 0.1) is 6.61 Å². The summed E-state index contributed by atoms with van der Waals surface area (Å²) in [6, 6.07) is 5.02. The van der Waals surface area contributed by atoms with Gasteiger partial charge in [0.25, 0.3) is 5.91 Å². The zero-order chi connectivity index (χ0) is 12.3. The summed E-state index contributed by atoms with van der Waals surface area (Å²) in [5.74, 6) is 0.658. The number of aryl methyl sites for hydroxylation is 1. The Kier molecular flexibility index (Phi) is 3.61. The van der Waals surface area contributed by atoms with E-state index in [1.807, 2.05) is 18.2 Å². The van der Waals surface area contributed by atoms with E-state index >= 15 is 0 Å². The molecule has 92 valence electrons. The fraction of sp³-hybridized carbons (Fsp3) is 0.417. The second kappa shape index (κ2) is 5.16. The maximum absolute atomic E-state index is 11.6. The smallest absolute Gasteiger partial charge is 0.255 e. The van der Waals surface area contributed by atoms with Crippen molar-refractivity contribution in [1.29, 1.82) is 0 Å². The Morgan fingerprint density at radius 3 is 3.12 bits per heavy atom. The van der Waals surface area contributed by atoms with Crippen LogP contribution >= 0.6 is 0 Å². The lowest BCUT2D eigenvalue weighted by Gasteiger charge is -2.19. The molecule has 0 aromatic heterocycles. The zero-order valence-electron chi connectivity index (χ0n) is 9.82. The van der Waals surface area contributed by atoms with Gasteiger partial charge in [-0.3, -0.25) is 10.2 Å². The molecule has 0 saturated carbocycles. The zero-order valence-corrected chi connectivity index (χ0v) is 9.82. The summed E-state index contributed by atoms with van der Waals surface area (Å²) in [5.41, 5.74) is 12.9. The largest absolute Gasteiger partial charge is 0.493 e.